The third-order valence-corrected chi connectivity index (χ3v) is 2.43. The standard InChI is InChI=1S/C10H21N/c1-10(2,3)11-8-7-9-5-4-6-9/h9,11H,4-8H2,1-3H3. The van der Waals surface area contributed by atoms with Crippen LogP contribution in [0.3, 0.4) is 0 Å². The molecule has 0 aromatic heterocycles. The second kappa shape index (κ2) is 3.57. The zero-order chi connectivity index (χ0) is 8.32. The molecule has 0 aromatic rings. The van der Waals surface area contributed by atoms with E-state index in [-0.39, 0.29) is 0 Å². The molecular weight excluding hydrogens is 134 g/mol. The Bertz CT molecular complexity index is 109. The summed E-state index contributed by atoms with van der Waals surface area (Å²) < 4.78 is 0. The number of nitrogens with one attached hydrogen (secondary N) is 1. The van der Waals surface area contributed by atoms with E-state index in [0.717, 1.165) is 5.92 Å². The van der Waals surface area contributed by atoms with Gasteiger partial charge in [-0.15, -0.1) is 0 Å². The predicted octanol–water partition coefficient (Wildman–Crippen LogP) is 2.56. The molecule has 1 aliphatic rings. The molecular formula is C10H21N. The Kier molecular flexibility index (Phi) is 2.94. The predicted molar refractivity (Wildman–Crippen MR) is 49.7 cm³/mol. The van der Waals surface area contributed by atoms with Crippen LogP contribution in [0.2, 0.25) is 0 Å². The minimum atomic E-state index is 0.309. The summed E-state index contributed by atoms with van der Waals surface area (Å²) >= 11 is 0. The molecule has 0 aliphatic heterocycles. The van der Waals surface area contributed by atoms with E-state index in [0.29, 0.717) is 5.54 Å². The minimum absolute atomic E-state index is 0.309. The molecule has 1 N–H and O–H groups in total. The number of hydrogen-bond acceptors (Lipinski definition) is 1. The van der Waals surface area contributed by atoms with E-state index in [2.05, 4.69) is 26.1 Å². The van der Waals surface area contributed by atoms with Gasteiger partial charge in [-0.3, -0.25) is 0 Å². The van der Waals surface area contributed by atoms with Crippen molar-refractivity contribution in [2.45, 2.75) is 52.0 Å². The molecule has 1 rings (SSSR count). The van der Waals surface area contributed by atoms with E-state index in [1.54, 1.807) is 0 Å². The maximum atomic E-state index is 3.52. The van der Waals surface area contributed by atoms with Crippen LogP contribution in [0.25, 0.3) is 0 Å². The lowest BCUT2D eigenvalue weighted by atomic mass is 9.83. The van der Waals surface area contributed by atoms with E-state index in [4.69, 9.17) is 0 Å². The summed E-state index contributed by atoms with van der Waals surface area (Å²) in [5.41, 5.74) is 0.309. The highest BCUT2D eigenvalue weighted by atomic mass is 14.9. The first-order chi connectivity index (χ1) is 5.08. The Hall–Kier alpha value is -0.0400. The number of rotatable bonds is 3. The Labute approximate surface area is 70.6 Å². The van der Waals surface area contributed by atoms with Gasteiger partial charge in [-0.05, 0) is 39.7 Å². The summed E-state index contributed by atoms with van der Waals surface area (Å²) in [6.45, 7) is 7.89. The van der Waals surface area contributed by atoms with Crippen LogP contribution in [-0.2, 0) is 0 Å². The van der Waals surface area contributed by atoms with Crippen molar-refractivity contribution in [2.75, 3.05) is 6.54 Å². The molecule has 1 heteroatoms. The second-order valence-electron chi connectivity index (χ2n) is 4.76. The van der Waals surface area contributed by atoms with Gasteiger partial charge in [-0.1, -0.05) is 19.3 Å². The Morgan fingerprint density at radius 3 is 2.27 bits per heavy atom. The molecule has 66 valence electrons. The molecule has 0 aromatic carbocycles. The molecule has 1 fully saturated rings. The van der Waals surface area contributed by atoms with Crippen LogP contribution in [0.15, 0.2) is 0 Å². The van der Waals surface area contributed by atoms with Crippen molar-refractivity contribution in [1.82, 2.24) is 5.32 Å². The molecule has 0 unspecified atom stereocenters. The smallest absolute Gasteiger partial charge is 0.00965 e. The van der Waals surface area contributed by atoms with Gasteiger partial charge in [0.15, 0.2) is 0 Å². The fourth-order valence-electron chi connectivity index (χ4n) is 1.43. The maximum Gasteiger partial charge on any atom is 0.00965 e. The zero-order valence-electron chi connectivity index (χ0n) is 8.11. The zero-order valence-corrected chi connectivity index (χ0v) is 8.11. The van der Waals surface area contributed by atoms with E-state index in [9.17, 15) is 0 Å². The highest BCUT2D eigenvalue weighted by Crippen LogP contribution is 2.28. The van der Waals surface area contributed by atoms with Crippen molar-refractivity contribution in [2.24, 2.45) is 5.92 Å². The highest BCUT2D eigenvalue weighted by molar-refractivity contribution is 4.74. The van der Waals surface area contributed by atoms with Gasteiger partial charge in [0.1, 0.15) is 0 Å². The summed E-state index contributed by atoms with van der Waals surface area (Å²) in [5.74, 6) is 1.05. The normalized spacial score (nSPS) is 19.9. The Balaban J connectivity index is 1.95. The molecule has 0 saturated heterocycles. The Morgan fingerprint density at radius 1 is 1.27 bits per heavy atom. The number of hydrogen-bond donors (Lipinski definition) is 1. The lowest BCUT2D eigenvalue weighted by Crippen LogP contribution is -2.37. The van der Waals surface area contributed by atoms with Crippen LogP contribution in [0.1, 0.15) is 46.5 Å². The first-order valence-corrected chi connectivity index (χ1v) is 4.83. The highest BCUT2D eigenvalue weighted by Gasteiger charge is 2.17. The molecule has 0 heterocycles. The quantitative estimate of drug-likeness (QED) is 0.660. The van der Waals surface area contributed by atoms with Gasteiger partial charge >= 0.3 is 0 Å². The molecule has 0 atom stereocenters. The van der Waals surface area contributed by atoms with Gasteiger partial charge in [0.25, 0.3) is 0 Å². The van der Waals surface area contributed by atoms with Gasteiger partial charge in [0, 0.05) is 5.54 Å². The van der Waals surface area contributed by atoms with E-state index < -0.39 is 0 Å². The van der Waals surface area contributed by atoms with Crippen molar-refractivity contribution in [3.63, 3.8) is 0 Å². The third-order valence-electron chi connectivity index (χ3n) is 2.43. The molecule has 11 heavy (non-hydrogen) atoms. The van der Waals surface area contributed by atoms with Crippen LogP contribution in [0.4, 0.5) is 0 Å². The average molecular weight is 155 g/mol. The first-order valence-electron chi connectivity index (χ1n) is 4.83. The molecule has 0 amide bonds. The van der Waals surface area contributed by atoms with Crippen LogP contribution in [0, 0.1) is 5.92 Å². The minimum Gasteiger partial charge on any atom is -0.312 e. The van der Waals surface area contributed by atoms with E-state index in [1.165, 1.54) is 32.2 Å². The molecule has 0 bridgehead atoms. The van der Waals surface area contributed by atoms with Crippen LogP contribution >= 0.6 is 0 Å². The molecule has 0 spiro atoms. The molecule has 1 saturated carbocycles. The lowest BCUT2D eigenvalue weighted by molar-refractivity contribution is 0.279. The fraction of sp³-hybridized carbons (Fsp3) is 1.00. The van der Waals surface area contributed by atoms with Gasteiger partial charge in [-0.25, -0.2) is 0 Å². The van der Waals surface area contributed by atoms with E-state index in [1.807, 2.05) is 0 Å². The van der Waals surface area contributed by atoms with Crippen molar-refractivity contribution in [3.05, 3.63) is 0 Å². The topological polar surface area (TPSA) is 12.0 Å². The van der Waals surface area contributed by atoms with Gasteiger partial charge in [0.05, 0.1) is 0 Å². The molecule has 1 nitrogen and oxygen atoms in total. The summed E-state index contributed by atoms with van der Waals surface area (Å²) in [5, 5.41) is 3.52. The fourth-order valence-corrected chi connectivity index (χ4v) is 1.43. The summed E-state index contributed by atoms with van der Waals surface area (Å²) in [6, 6.07) is 0. The summed E-state index contributed by atoms with van der Waals surface area (Å²) in [6.07, 6.45) is 5.81. The largest absolute Gasteiger partial charge is 0.312 e. The molecule has 1 aliphatic carbocycles. The summed E-state index contributed by atoms with van der Waals surface area (Å²) in [7, 11) is 0. The third kappa shape index (κ3) is 3.76. The van der Waals surface area contributed by atoms with Crippen LogP contribution in [0.5, 0.6) is 0 Å². The van der Waals surface area contributed by atoms with Gasteiger partial charge in [0.2, 0.25) is 0 Å². The van der Waals surface area contributed by atoms with Gasteiger partial charge < -0.3 is 5.32 Å². The van der Waals surface area contributed by atoms with Crippen molar-refractivity contribution < 1.29 is 0 Å². The maximum absolute atomic E-state index is 3.52. The van der Waals surface area contributed by atoms with Crippen LogP contribution in [-0.4, -0.2) is 12.1 Å². The van der Waals surface area contributed by atoms with Gasteiger partial charge in [-0.2, -0.15) is 0 Å². The second-order valence-corrected chi connectivity index (χ2v) is 4.76. The van der Waals surface area contributed by atoms with Crippen molar-refractivity contribution >= 4 is 0 Å². The Morgan fingerprint density at radius 2 is 1.91 bits per heavy atom. The van der Waals surface area contributed by atoms with Crippen molar-refractivity contribution in [3.8, 4) is 0 Å². The van der Waals surface area contributed by atoms with Crippen molar-refractivity contribution in [1.29, 1.82) is 0 Å². The van der Waals surface area contributed by atoms with E-state index >= 15 is 0 Å². The monoisotopic (exact) mass is 155 g/mol. The molecule has 0 radical (unpaired) electrons. The average Bonchev–Trinajstić information content (AvgIpc) is 1.73. The first kappa shape index (κ1) is 9.05. The van der Waals surface area contributed by atoms with Crippen LogP contribution < -0.4 is 5.32 Å². The SMILES string of the molecule is CC(C)(C)NCCC1CCC1. The summed E-state index contributed by atoms with van der Waals surface area (Å²) in [4.78, 5) is 0. The lowest BCUT2D eigenvalue weighted by Gasteiger charge is -2.27.